The number of aliphatic imine (C=N–C) groups is 1. The number of hydrogen-bond donors (Lipinski definition) is 1. The fourth-order valence-corrected chi connectivity index (χ4v) is 0.989. The molecule has 0 saturated heterocycles. The van der Waals surface area contributed by atoms with Crippen LogP contribution < -0.4 is 0 Å². The second-order valence-corrected chi connectivity index (χ2v) is 3.04. The minimum Gasteiger partial charge on any atom is -0.316 e. The Kier molecular flexibility index (Phi) is 2.60. The summed E-state index contributed by atoms with van der Waals surface area (Å²) < 4.78 is 1.92. The molecule has 0 amide bonds. The van der Waals surface area contributed by atoms with E-state index in [4.69, 9.17) is 5.41 Å². The van der Waals surface area contributed by atoms with Crippen molar-refractivity contribution in [1.82, 2.24) is 9.55 Å². The van der Waals surface area contributed by atoms with E-state index < -0.39 is 0 Å². The topological polar surface area (TPSA) is 54.0 Å². The Balaban J connectivity index is 3.17. The summed E-state index contributed by atoms with van der Waals surface area (Å²) in [6, 6.07) is 0. The summed E-state index contributed by atoms with van der Waals surface area (Å²) in [5, 5.41) is 7.00. The first-order valence-corrected chi connectivity index (χ1v) is 4.12. The van der Waals surface area contributed by atoms with Crippen LogP contribution in [0.5, 0.6) is 0 Å². The van der Waals surface area contributed by atoms with Crippen molar-refractivity contribution in [2.75, 3.05) is 0 Å². The molecule has 0 saturated carbocycles. The SMILES string of the molecule is CC(C=N)=Nc1nc(C)c(C)n1C. The van der Waals surface area contributed by atoms with Gasteiger partial charge in [-0.25, -0.2) is 9.98 Å². The quantitative estimate of drug-likeness (QED) is 0.689. The van der Waals surface area contributed by atoms with Crippen LogP contribution in [0.4, 0.5) is 5.95 Å². The number of rotatable bonds is 2. The van der Waals surface area contributed by atoms with Crippen molar-refractivity contribution in [3.05, 3.63) is 11.4 Å². The maximum Gasteiger partial charge on any atom is 0.229 e. The summed E-state index contributed by atoms with van der Waals surface area (Å²) in [5.41, 5.74) is 2.75. The van der Waals surface area contributed by atoms with Crippen molar-refractivity contribution in [2.24, 2.45) is 12.0 Å². The number of aromatic nitrogens is 2. The van der Waals surface area contributed by atoms with Gasteiger partial charge in [-0.1, -0.05) is 0 Å². The van der Waals surface area contributed by atoms with Gasteiger partial charge in [-0.2, -0.15) is 0 Å². The molecule has 0 aliphatic heterocycles. The van der Waals surface area contributed by atoms with Crippen LogP contribution in [0.1, 0.15) is 18.3 Å². The molecule has 1 rings (SSSR count). The molecule has 4 nitrogen and oxygen atoms in total. The van der Waals surface area contributed by atoms with E-state index in [1.54, 1.807) is 6.92 Å². The Bertz CT molecular complexity index is 360. The molecule has 0 radical (unpaired) electrons. The second kappa shape index (κ2) is 3.51. The third kappa shape index (κ3) is 1.83. The smallest absolute Gasteiger partial charge is 0.229 e. The van der Waals surface area contributed by atoms with Crippen LogP contribution in [-0.2, 0) is 7.05 Å². The first-order chi connectivity index (χ1) is 6.06. The molecule has 0 spiro atoms. The van der Waals surface area contributed by atoms with Gasteiger partial charge in [0, 0.05) is 19.0 Å². The summed E-state index contributed by atoms with van der Waals surface area (Å²) in [6.45, 7) is 5.74. The Morgan fingerprint density at radius 1 is 1.54 bits per heavy atom. The molecule has 1 aromatic heterocycles. The third-order valence-electron chi connectivity index (χ3n) is 2.08. The second-order valence-electron chi connectivity index (χ2n) is 3.04. The van der Waals surface area contributed by atoms with E-state index in [9.17, 15) is 0 Å². The van der Waals surface area contributed by atoms with Gasteiger partial charge in [0.25, 0.3) is 0 Å². The number of aryl methyl sites for hydroxylation is 1. The van der Waals surface area contributed by atoms with Crippen LogP contribution in [0.2, 0.25) is 0 Å². The van der Waals surface area contributed by atoms with Crippen molar-refractivity contribution >= 4 is 17.9 Å². The van der Waals surface area contributed by atoms with Gasteiger partial charge in [0.15, 0.2) is 0 Å². The number of nitrogens with one attached hydrogen (secondary N) is 1. The maximum atomic E-state index is 7.00. The number of imidazole rings is 1. The third-order valence-corrected chi connectivity index (χ3v) is 2.08. The Morgan fingerprint density at radius 2 is 2.15 bits per heavy atom. The highest BCUT2D eigenvalue weighted by atomic mass is 15.2. The van der Waals surface area contributed by atoms with Gasteiger partial charge < -0.3 is 9.98 Å². The molecule has 4 heteroatoms. The summed E-state index contributed by atoms with van der Waals surface area (Å²) in [7, 11) is 1.92. The molecule has 70 valence electrons. The fourth-order valence-electron chi connectivity index (χ4n) is 0.989. The van der Waals surface area contributed by atoms with Crippen molar-refractivity contribution in [1.29, 1.82) is 5.41 Å². The average molecular weight is 178 g/mol. The van der Waals surface area contributed by atoms with Gasteiger partial charge in [0.1, 0.15) is 0 Å². The Labute approximate surface area is 77.8 Å². The highest BCUT2D eigenvalue weighted by molar-refractivity contribution is 6.28. The highest BCUT2D eigenvalue weighted by Gasteiger charge is 2.05. The standard InChI is InChI=1S/C9H14N4/c1-6(5-10)11-9-12-7(2)8(3)13(9)4/h5,10H,1-4H3. The van der Waals surface area contributed by atoms with Crippen molar-refractivity contribution in [2.45, 2.75) is 20.8 Å². The predicted octanol–water partition coefficient (Wildman–Crippen LogP) is 1.78. The maximum absolute atomic E-state index is 7.00. The minimum absolute atomic E-state index is 0.660. The van der Waals surface area contributed by atoms with Crippen LogP contribution in [0, 0.1) is 19.3 Å². The molecule has 1 aromatic rings. The van der Waals surface area contributed by atoms with E-state index in [2.05, 4.69) is 9.98 Å². The first-order valence-electron chi connectivity index (χ1n) is 4.12. The predicted molar refractivity (Wildman–Crippen MR) is 54.2 cm³/mol. The molecule has 1 N–H and O–H groups in total. The molecule has 0 aliphatic carbocycles. The lowest BCUT2D eigenvalue weighted by molar-refractivity contribution is 0.871. The van der Waals surface area contributed by atoms with Crippen molar-refractivity contribution in [3.63, 3.8) is 0 Å². The van der Waals surface area contributed by atoms with Crippen molar-refractivity contribution < 1.29 is 0 Å². The molecule has 0 bridgehead atoms. The van der Waals surface area contributed by atoms with Gasteiger partial charge in [-0.3, -0.25) is 0 Å². The van der Waals surface area contributed by atoms with Gasteiger partial charge in [0.05, 0.1) is 11.4 Å². The molecule has 0 unspecified atom stereocenters. The lowest BCUT2D eigenvalue weighted by Gasteiger charge is -1.97. The van der Waals surface area contributed by atoms with Crippen LogP contribution in [0.15, 0.2) is 4.99 Å². The summed E-state index contributed by atoms with van der Waals surface area (Å²) >= 11 is 0. The van der Waals surface area contributed by atoms with Gasteiger partial charge in [0.2, 0.25) is 5.95 Å². The molecule has 0 aliphatic rings. The van der Waals surface area contributed by atoms with E-state index in [0.717, 1.165) is 11.4 Å². The van der Waals surface area contributed by atoms with E-state index in [1.165, 1.54) is 6.21 Å². The van der Waals surface area contributed by atoms with E-state index in [1.807, 2.05) is 25.5 Å². The molecule has 13 heavy (non-hydrogen) atoms. The van der Waals surface area contributed by atoms with Gasteiger partial charge in [-0.05, 0) is 20.8 Å². The Morgan fingerprint density at radius 3 is 2.54 bits per heavy atom. The molecule has 0 atom stereocenters. The zero-order valence-electron chi connectivity index (χ0n) is 8.42. The Hall–Kier alpha value is -1.45. The number of nitrogens with zero attached hydrogens (tertiary/aromatic N) is 3. The molecule has 0 aromatic carbocycles. The molecular formula is C9H14N4. The average Bonchev–Trinajstić information content (AvgIpc) is 2.34. The van der Waals surface area contributed by atoms with Crippen molar-refractivity contribution in [3.8, 4) is 0 Å². The largest absolute Gasteiger partial charge is 0.316 e. The monoisotopic (exact) mass is 178 g/mol. The first kappa shape index (κ1) is 9.64. The van der Waals surface area contributed by atoms with E-state index >= 15 is 0 Å². The zero-order valence-corrected chi connectivity index (χ0v) is 8.42. The normalized spacial score (nSPS) is 11.8. The fraction of sp³-hybridized carbons (Fsp3) is 0.444. The lowest BCUT2D eigenvalue weighted by atomic mass is 10.4. The van der Waals surface area contributed by atoms with Crippen LogP contribution in [-0.4, -0.2) is 21.5 Å². The van der Waals surface area contributed by atoms with Crippen LogP contribution >= 0.6 is 0 Å². The minimum atomic E-state index is 0.660. The molecule has 1 heterocycles. The van der Waals surface area contributed by atoms with Crippen LogP contribution in [0.25, 0.3) is 0 Å². The zero-order chi connectivity index (χ0) is 10.0. The van der Waals surface area contributed by atoms with E-state index in [-0.39, 0.29) is 0 Å². The summed E-state index contributed by atoms with van der Waals surface area (Å²) in [4.78, 5) is 8.45. The summed E-state index contributed by atoms with van der Waals surface area (Å²) in [6.07, 6.45) is 1.22. The lowest BCUT2D eigenvalue weighted by Crippen LogP contribution is -1.94. The van der Waals surface area contributed by atoms with Crippen LogP contribution in [0.3, 0.4) is 0 Å². The molecular weight excluding hydrogens is 164 g/mol. The van der Waals surface area contributed by atoms with E-state index in [0.29, 0.717) is 11.7 Å². The summed E-state index contributed by atoms with van der Waals surface area (Å²) in [5.74, 6) is 0.663. The molecule has 0 fully saturated rings. The van der Waals surface area contributed by atoms with Gasteiger partial charge in [-0.15, -0.1) is 0 Å². The number of hydrogen-bond acceptors (Lipinski definition) is 3. The highest BCUT2D eigenvalue weighted by Crippen LogP contribution is 2.14. The van der Waals surface area contributed by atoms with Gasteiger partial charge >= 0.3 is 0 Å².